The molecule has 0 aliphatic heterocycles. The summed E-state index contributed by atoms with van der Waals surface area (Å²) in [4.78, 5) is 36.8. The number of ether oxygens (including phenoxy) is 1. The number of fused-ring (bicyclic) bond motifs is 5. The average Bonchev–Trinajstić information content (AvgIpc) is 2.90. The molecule has 0 amide bonds. The third-order valence-electron chi connectivity index (χ3n) is 8.84. The Bertz CT molecular complexity index is 820. The highest BCUT2D eigenvalue weighted by Crippen LogP contribution is 2.67. The fourth-order valence-corrected chi connectivity index (χ4v) is 7.48. The van der Waals surface area contributed by atoms with Gasteiger partial charge in [0.25, 0.3) is 0 Å². The summed E-state index contributed by atoms with van der Waals surface area (Å²) in [6.45, 7) is 9.63. The van der Waals surface area contributed by atoms with E-state index in [2.05, 4.69) is 26.8 Å². The quantitative estimate of drug-likeness (QED) is 0.654. The SMILES string of the molecule is CC(=O)O[C@]1(C(C)=O)CC[C@@H]2[C@@H]3C=C(C)C4=CC(=O)CC[C@]4(C)[C@@H]3CC[C@@]21C. The summed E-state index contributed by atoms with van der Waals surface area (Å²) in [6, 6.07) is 0. The van der Waals surface area contributed by atoms with Gasteiger partial charge in [-0.2, -0.15) is 0 Å². The van der Waals surface area contributed by atoms with Crippen molar-refractivity contribution in [3.05, 3.63) is 23.3 Å². The Balaban J connectivity index is 1.79. The minimum Gasteiger partial charge on any atom is -0.451 e. The van der Waals surface area contributed by atoms with Crippen molar-refractivity contribution in [3.63, 3.8) is 0 Å². The zero-order valence-electron chi connectivity index (χ0n) is 17.8. The molecule has 152 valence electrons. The van der Waals surface area contributed by atoms with Crippen LogP contribution in [0.4, 0.5) is 0 Å². The molecule has 6 atom stereocenters. The summed E-state index contributed by atoms with van der Waals surface area (Å²) in [5.74, 6) is 1.03. The lowest BCUT2D eigenvalue weighted by Gasteiger charge is -2.58. The van der Waals surface area contributed by atoms with Crippen LogP contribution in [0.2, 0.25) is 0 Å². The molecule has 0 aromatic carbocycles. The summed E-state index contributed by atoms with van der Waals surface area (Å²) in [5.41, 5.74) is 1.15. The molecular weight excluding hydrogens is 352 g/mol. The lowest BCUT2D eigenvalue weighted by Crippen LogP contribution is -2.58. The first-order valence-corrected chi connectivity index (χ1v) is 10.7. The summed E-state index contributed by atoms with van der Waals surface area (Å²) in [5, 5.41) is 0. The number of hydrogen-bond acceptors (Lipinski definition) is 4. The summed E-state index contributed by atoms with van der Waals surface area (Å²) < 4.78 is 5.82. The third-order valence-corrected chi connectivity index (χ3v) is 8.84. The molecule has 28 heavy (non-hydrogen) atoms. The van der Waals surface area contributed by atoms with Crippen molar-refractivity contribution < 1.29 is 19.1 Å². The van der Waals surface area contributed by atoms with Gasteiger partial charge in [-0.25, -0.2) is 0 Å². The largest absolute Gasteiger partial charge is 0.451 e. The first kappa shape index (κ1) is 19.6. The zero-order chi connectivity index (χ0) is 20.5. The number of hydrogen-bond donors (Lipinski definition) is 0. The molecule has 4 aliphatic rings. The van der Waals surface area contributed by atoms with Crippen LogP contribution in [0.5, 0.6) is 0 Å². The molecule has 4 rings (SSSR count). The first-order chi connectivity index (χ1) is 13.0. The van der Waals surface area contributed by atoms with Gasteiger partial charge in [0, 0.05) is 18.8 Å². The Labute approximate surface area is 167 Å². The van der Waals surface area contributed by atoms with E-state index in [1.165, 1.54) is 18.1 Å². The number of esters is 1. The predicted octanol–water partition coefficient (Wildman–Crippen LogP) is 4.58. The van der Waals surface area contributed by atoms with Gasteiger partial charge < -0.3 is 4.74 Å². The Kier molecular flexibility index (Phi) is 4.30. The van der Waals surface area contributed by atoms with Crippen LogP contribution in [0, 0.1) is 28.6 Å². The number of carbonyl (C=O) groups excluding carboxylic acids is 3. The van der Waals surface area contributed by atoms with E-state index in [1.54, 1.807) is 6.92 Å². The van der Waals surface area contributed by atoms with E-state index in [0.717, 1.165) is 25.7 Å². The molecule has 2 fully saturated rings. The van der Waals surface area contributed by atoms with Crippen LogP contribution >= 0.6 is 0 Å². The van der Waals surface area contributed by atoms with Gasteiger partial charge in [-0.05, 0) is 80.8 Å². The van der Waals surface area contributed by atoms with Crippen molar-refractivity contribution in [1.82, 2.24) is 0 Å². The van der Waals surface area contributed by atoms with E-state index in [1.807, 2.05) is 6.08 Å². The van der Waals surface area contributed by atoms with Crippen LogP contribution in [0.15, 0.2) is 23.3 Å². The first-order valence-electron chi connectivity index (χ1n) is 10.7. The molecule has 0 saturated heterocycles. The van der Waals surface area contributed by atoms with Crippen molar-refractivity contribution in [3.8, 4) is 0 Å². The lowest BCUT2D eigenvalue weighted by molar-refractivity contribution is -0.185. The summed E-state index contributed by atoms with van der Waals surface area (Å²) in [6.07, 6.45) is 9.20. The molecular formula is C24H32O4. The maximum absolute atomic E-state index is 12.8. The van der Waals surface area contributed by atoms with Gasteiger partial charge in [-0.3, -0.25) is 14.4 Å². The van der Waals surface area contributed by atoms with Crippen LogP contribution in [0.3, 0.4) is 0 Å². The minimum atomic E-state index is -0.990. The van der Waals surface area contributed by atoms with E-state index in [4.69, 9.17) is 4.74 Å². The molecule has 0 unspecified atom stereocenters. The van der Waals surface area contributed by atoms with Crippen molar-refractivity contribution in [2.75, 3.05) is 0 Å². The molecule has 0 heterocycles. The van der Waals surface area contributed by atoms with Crippen molar-refractivity contribution >= 4 is 17.5 Å². The van der Waals surface area contributed by atoms with Crippen molar-refractivity contribution in [2.24, 2.45) is 28.6 Å². The van der Waals surface area contributed by atoms with E-state index in [-0.39, 0.29) is 28.4 Å². The number of Topliss-reactive ketones (excluding diaryl/α,β-unsaturated/α-hetero) is 1. The summed E-state index contributed by atoms with van der Waals surface area (Å²) in [7, 11) is 0. The second kappa shape index (κ2) is 6.14. The van der Waals surface area contributed by atoms with Gasteiger partial charge in [0.2, 0.25) is 0 Å². The highest BCUT2D eigenvalue weighted by molar-refractivity contribution is 5.92. The second-order valence-electron chi connectivity index (χ2n) is 10.1. The van der Waals surface area contributed by atoms with Crippen LogP contribution in [-0.4, -0.2) is 23.1 Å². The highest BCUT2D eigenvalue weighted by Gasteiger charge is 2.67. The van der Waals surface area contributed by atoms with E-state index < -0.39 is 5.60 Å². The molecule has 0 aromatic rings. The topological polar surface area (TPSA) is 60.4 Å². The van der Waals surface area contributed by atoms with Gasteiger partial charge in [0.15, 0.2) is 17.2 Å². The number of rotatable bonds is 2. The number of ketones is 2. The molecule has 0 radical (unpaired) electrons. The predicted molar refractivity (Wildman–Crippen MR) is 106 cm³/mol. The fraction of sp³-hybridized carbons (Fsp3) is 0.708. The molecule has 0 spiro atoms. The standard InChI is InChI=1S/C24H32O4/c1-14-12-18-19(22(4)9-6-17(27)13-21(14)22)7-10-23(5)20(18)8-11-24(23,15(2)25)28-16(3)26/h12-13,18-20H,6-11H2,1-5H3/t18-,19-,20-,22-,23+,24+/m1/s1. The average molecular weight is 385 g/mol. The van der Waals surface area contributed by atoms with E-state index in [0.29, 0.717) is 30.6 Å². The van der Waals surface area contributed by atoms with E-state index >= 15 is 0 Å². The van der Waals surface area contributed by atoms with Crippen LogP contribution in [-0.2, 0) is 19.1 Å². The van der Waals surface area contributed by atoms with Crippen LogP contribution < -0.4 is 0 Å². The monoisotopic (exact) mass is 384 g/mol. The maximum atomic E-state index is 12.8. The lowest BCUT2D eigenvalue weighted by atomic mass is 9.47. The molecule has 0 aromatic heterocycles. The van der Waals surface area contributed by atoms with Gasteiger partial charge in [-0.15, -0.1) is 0 Å². The van der Waals surface area contributed by atoms with Crippen LogP contribution in [0.1, 0.15) is 73.1 Å². The Morgan fingerprint density at radius 2 is 1.75 bits per heavy atom. The molecule has 0 bridgehead atoms. The van der Waals surface area contributed by atoms with Gasteiger partial charge >= 0.3 is 5.97 Å². The Morgan fingerprint density at radius 1 is 1.07 bits per heavy atom. The normalized spacial score (nSPS) is 44.6. The highest BCUT2D eigenvalue weighted by atomic mass is 16.6. The minimum absolute atomic E-state index is 0.0160. The van der Waals surface area contributed by atoms with Crippen molar-refractivity contribution in [1.29, 1.82) is 0 Å². The van der Waals surface area contributed by atoms with Crippen molar-refractivity contribution in [2.45, 2.75) is 78.7 Å². The molecule has 4 nitrogen and oxygen atoms in total. The molecule has 4 heteroatoms. The fourth-order valence-electron chi connectivity index (χ4n) is 7.48. The zero-order valence-corrected chi connectivity index (χ0v) is 17.8. The second-order valence-corrected chi connectivity index (χ2v) is 10.1. The number of carbonyl (C=O) groups is 3. The molecule has 0 N–H and O–H groups in total. The summed E-state index contributed by atoms with van der Waals surface area (Å²) >= 11 is 0. The van der Waals surface area contributed by atoms with Gasteiger partial charge in [0.05, 0.1) is 0 Å². The van der Waals surface area contributed by atoms with Gasteiger partial charge in [-0.1, -0.05) is 25.5 Å². The van der Waals surface area contributed by atoms with Gasteiger partial charge in [0.1, 0.15) is 0 Å². The van der Waals surface area contributed by atoms with Crippen LogP contribution in [0.25, 0.3) is 0 Å². The smallest absolute Gasteiger partial charge is 0.303 e. The Morgan fingerprint density at radius 3 is 2.39 bits per heavy atom. The number of allylic oxidation sites excluding steroid dienone is 4. The third kappa shape index (κ3) is 2.39. The molecule has 4 aliphatic carbocycles. The maximum Gasteiger partial charge on any atom is 0.303 e. The van der Waals surface area contributed by atoms with E-state index in [9.17, 15) is 14.4 Å². The molecule has 2 saturated carbocycles. The Hall–Kier alpha value is -1.71.